The molecule has 7 nitrogen and oxygen atoms in total. The third-order valence-corrected chi connectivity index (χ3v) is 4.89. The van der Waals surface area contributed by atoms with E-state index in [4.69, 9.17) is 0 Å². The van der Waals surface area contributed by atoms with Crippen molar-refractivity contribution >= 4 is 33.6 Å². The standard InChI is InChI=1S/C22H19FN4O3/c23-14-5-6-15-13(10-25-19(15)9-14)7-8-24-20(28)12-27-22(30)17-11-26-18-4-2-1-3-16(18)21(17)29/h1-6,9-11,25H,7-8,12H2,(H,24,28)(H,26,29)(H,27,30). The first-order valence-corrected chi connectivity index (χ1v) is 9.44. The van der Waals surface area contributed by atoms with Gasteiger partial charge in [-0.25, -0.2) is 4.39 Å². The van der Waals surface area contributed by atoms with Gasteiger partial charge in [-0.3, -0.25) is 14.4 Å². The van der Waals surface area contributed by atoms with E-state index < -0.39 is 11.3 Å². The minimum absolute atomic E-state index is 0.0486. The molecular weight excluding hydrogens is 387 g/mol. The number of carbonyl (C=O) groups is 2. The predicted octanol–water partition coefficient (Wildman–Crippen LogP) is 2.24. The van der Waals surface area contributed by atoms with Gasteiger partial charge in [0.15, 0.2) is 0 Å². The third kappa shape index (κ3) is 3.93. The third-order valence-electron chi connectivity index (χ3n) is 4.89. The Hall–Kier alpha value is -3.94. The van der Waals surface area contributed by atoms with Crippen LogP contribution >= 0.6 is 0 Å². The number of aromatic amines is 2. The number of hydrogen-bond acceptors (Lipinski definition) is 3. The Morgan fingerprint density at radius 3 is 2.60 bits per heavy atom. The second-order valence-corrected chi connectivity index (χ2v) is 6.86. The summed E-state index contributed by atoms with van der Waals surface area (Å²) in [5.41, 5.74) is 1.85. The van der Waals surface area contributed by atoms with E-state index in [1.54, 1.807) is 36.5 Å². The first-order chi connectivity index (χ1) is 14.5. The number of carbonyl (C=O) groups excluding carboxylic acids is 2. The second-order valence-electron chi connectivity index (χ2n) is 6.86. The number of rotatable bonds is 6. The number of pyridine rings is 1. The Morgan fingerprint density at radius 1 is 0.933 bits per heavy atom. The molecule has 0 radical (unpaired) electrons. The maximum Gasteiger partial charge on any atom is 0.257 e. The molecule has 0 unspecified atom stereocenters. The molecule has 2 heterocycles. The van der Waals surface area contributed by atoms with E-state index in [0.717, 1.165) is 10.9 Å². The van der Waals surface area contributed by atoms with Gasteiger partial charge in [0.25, 0.3) is 5.91 Å². The van der Waals surface area contributed by atoms with Gasteiger partial charge in [0.1, 0.15) is 11.4 Å². The van der Waals surface area contributed by atoms with E-state index in [2.05, 4.69) is 20.6 Å². The first kappa shape index (κ1) is 19.4. The number of hydrogen-bond donors (Lipinski definition) is 4. The summed E-state index contributed by atoms with van der Waals surface area (Å²) >= 11 is 0. The molecule has 0 spiro atoms. The minimum Gasteiger partial charge on any atom is -0.361 e. The van der Waals surface area contributed by atoms with E-state index in [9.17, 15) is 18.8 Å². The molecule has 2 aromatic carbocycles. The van der Waals surface area contributed by atoms with Gasteiger partial charge in [-0.15, -0.1) is 0 Å². The minimum atomic E-state index is -0.615. The number of amides is 2. The van der Waals surface area contributed by atoms with Crippen LogP contribution in [0.15, 0.2) is 59.7 Å². The summed E-state index contributed by atoms with van der Waals surface area (Å²) in [6, 6.07) is 11.4. The zero-order chi connectivity index (χ0) is 21.1. The quantitative estimate of drug-likeness (QED) is 0.394. The molecule has 0 aliphatic heterocycles. The predicted molar refractivity (Wildman–Crippen MR) is 112 cm³/mol. The highest BCUT2D eigenvalue weighted by atomic mass is 19.1. The van der Waals surface area contributed by atoms with E-state index in [-0.39, 0.29) is 23.8 Å². The lowest BCUT2D eigenvalue weighted by atomic mass is 10.1. The molecule has 0 aliphatic carbocycles. The van der Waals surface area contributed by atoms with Crippen molar-refractivity contribution in [3.63, 3.8) is 0 Å². The summed E-state index contributed by atoms with van der Waals surface area (Å²) in [5, 5.41) is 6.49. The van der Waals surface area contributed by atoms with Crippen LogP contribution in [0.3, 0.4) is 0 Å². The molecule has 4 rings (SSSR count). The number of nitrogens with one attached hydrogen (secondary N) is 4. The average molecular weight is 406 g/mol. The van der Waals surface area contributed by atoms with Gasteiger partial charge < -0.3 is 20.6 Å². The summed E-state index contributed by atoms with van der Waals surface area (Å²) < 4.78 is 13.2. The van der Waals surface area contributed by atoms with Crippen LogP contribution in [0.4, 0.5) is 4.39 Å². The van der Waals surface area contributed by atoms with Crippen molar-refractivity contribution in [3.05, 3.63) is 82.0 Å². The fraction of sp³-hybridized carbons (Fsp3) is 0.136. The zero-order valence-electron chi connectivity index (χ0n) is 15.9. The molecule has 0 aliphatic rings. The number of benzene rings is 2. The molecule has 0 saturated carbocycles. The molecule has 0 atom stereocenters. The van der Waals surface area contributed by atoms with Crippen LogP contribution in [0.2, 0.25) is 0 Å². The summed E-state index contributed by atoms with van der Waals surface area (Å²) in [4.78, 5) is 42.7. The summed E-state index contributed by atoms with van der Waals surface area (Å²) in [6.45, 7) is 0.111. The second kappa shape index (κ2) is 8.20. The highest BCUT2D eigenvalue weighted by Crippen LogP contribution is 2.19. The number of fused-ring (bicyclic) bond motifs is 2. The Labute approximate surface area is 170 Å². The van der Waals surface area contributed by atoms with Gasteiger partial charge in [0, 0.05) is 40.7 Å². The largest absolute Gasteiger partial charge is 0.361 e. The average Bonchev–Trinajstić information content (AvgIpc) is 3.14. The van der Waals surface area contributed by atoms with Crippen molar-refractivity contribution in [2.45, 2.75) is 6.42 Å². The topological polar surface area (TPSA) is 107 Å². The van der Waals surface area contributed by atoms with Crippen LogP contribution in [0.25, 0.3) is 21.8 Å². The number of aromatic nitrogens is 2. The molecule has 4 aromatic rings. The zero-order valence-corrected chi connectivity index (χ0v) is 15.9. The summed E-state index contributed by atoms with van der Waals surface area (Å²) in [7, 11) is 0. The molecule has 152 valence electrons. The molecule has 30 heavy (non-hydrogen) atoms. The Balaban J connectivity index is 1.31. The van der Waals surface area contributed by atoms with Crippen LogP contribution < -0.4 is 16.1 Å². The van der Waals surface area contributed by atoms with E-state index in [0.29, 0.717) is 29.4 Å². The molecule has 8 heteroatoms. The smallest absolute Gasteiger partial charge is 0.257 e. The van der Waals surface area contributed by atoms with Crippen LogP contribution in [0.5, 0.6) is 0 Å². The van der Waals surface area contributed by atoms with Crippen molar-refractivity contribution in [2.24, 2.45) is 0 Å². The van der Waals surface area contributed by atoms with Gasteiger partial charge in [-0.1, -0.05) is 12.1 Å². The molecular formula is C22H19FN4O3. The van der Waals surface area contributed by atoms with Gasteiger partial charge in [-0.05, 0) is 42.3 Å². The van der Waals surface area contributed by atoms with Crippen molar-refractivity contribution in [1.82, 2.24) is 20.6 Å². The monoisotopic (exact) mass is 406 g/mol. The van der Waals surface area contributed by atoms with Crippen LogP contribution in [0, 0.1) is 5.82 Å². The maximum atomic E-state index is 13.2. The Morgan fingerprint density at radius 2 is 1.73 bits per heavy atom. The SMILES string of the molecule is O=C(CNC(=O)c1c[nH]c2ccccc2c1=O)NCCc1c[nH]c2cc(F)ccc12. The van der Waals surface area contributed by atoms with Crippen molar-refractivity contribution in [2.75, 3.05) is 13.1 Å². The maximum absolute atomic E-state index is 13.2. The molecule has 0 bridgehead atoms. The highest BCUT2D eigenvalue weighted by molar-refractivity contribution is 5.98. The van der Waals surface area contributed by atoms with Gasteiger partial charge in [0.2, 0.25) is 11.3 Å². The Kier molecular flexibility index (Phi) is 5.30. The van der Waals surface area contributed by atoms with Gasteiger partial charge in [0.05, 0.1) is 6.54 Å². The molecule has 2 amide bonds. The Bertz CT molecular complexity index is 1310. The molecule has 0 saturated heterocycles. The van der Waals surface area contributed by atoms with E-state index in [1.165, 1.54) is 18.3 Å². The number of H-pyrrole nitrogens is 2. The lowest BCUT2D eigenvalue weighted by molar-refractivity contribution is -0.120. The normalized spacial score (nSPS) is 11.0. The fourth-order valence-electron chi connectivity index (χ4n) is 3.36. The van der Waals surface area contributed by atoms with Crippen molar-refractivity contribution in [3.8, 4) is 0 Å². The van der Waals surface area contributed by atoms with Crippen molar-refractivity contribution in [1.29, 1.82) is 0 Å². The molecule has 4 N–H and O–H groups in total. The fourth-order valence-corrected chi connectivity index (χ4v) is 3.36. The molecule has 2 aromatic heterocycles. The van der Waals surface area contributed by atoms with Crippen LogP contribution in [0.1, 0.15) is 15.9 Å². The van der Waals surface area contributed by atoms with Crippen LogP contribution in [-0.4, -0.2) is 34.9 Å². The summed E-state index contributed by atoms with van der Waals surface area (Å²) in [6.07, 6.45) is 3.68. The lowest BCUT2D eigenvalue weighted by Crippen LogP contribution is -2.39. The number of para-hydroxylation sites is 1. The first-order valence-electron chi connectivity index (χ1n) is 9.44. The van der Waals surface area contributed by atoms with Gasteiger partial charge >= 0.3 is 0 Å². The van der Waals surface area contributed by atoms with E-state index in [1.807, 2.05) is 0 Å². The molecule has 0 fully saturated rings. The summed E-state index contributed by atoms with van der Waals surface area (Å²) in [5.74, 6) is -1.30. The van der Waals surface area contributed by atoms with Crippen LogP contribution in [-0.2, 0) is 11.2 Å². The lowest BCUT2D eigenvalue weighted by Gasteiger charge is -2.07. The van der Waals surface area contributed by atoms with E-state index >= 15 is 0 Å². The van der Waals surface area contributed by atoms with Crippen molar-refractivity contribution < 1.29 is 14.0 Å². The van der Waals surface area contributed by atoms with Gasteiger partial charge in [-0.2, -0.15) is 0 Å². The number of halogens is 1. The highest BCUT2D eigenvalue weighted by Gasteiger charge is 2.14.